The number of benzene rings is 1. The number of pyridine rings is 1. The number of amides is 1. The molecule has 1 atom stereocenters. The van der Waals surface area contributed by atoms with Gasteiger partial charge in [0, 0.05) is 30.9 Å². The number of ether oxygens (including phenoxy) is 1. The summed E-state index contributed by atoms with van der Waals surface area (Å²) in [4.78, 5) is 17.8. The molecule has 5 nitrogen and oxygen atoms in total. The first-order chi connectivity index (χ1) is 15.4. The third-order valence-electron chi connectivity index (χ3n) is 6.60. The van der Waals surface area contributed by atoms with E-state index in [2.05, 4.69) is 47.7 Å². The minimum Gasteiger partial charge on any atom is -0.496 e. The van der Waals surface area contributed by atoms with Crippen LogP contribution in [0.2, 0.25) is 0 Å². The lowest BCUT2D eigenvalue weighted by molar-refractivity contribution is 0.0924. The highest BCUT2D eigenvalue weighted by Gasteiger charge is 2.22. The van der Waals surface area contributed by atoms with Crippen LogP contribution >= 0.6 is 0 Å². The number of methoxy groups -OCH3 is 1. The smallest absolute Gasteiger partial charge is 0.255 e. The summed E-state index contributed by atoms with van der Waals surface area (Å²) in [5.74, 6) is 0.895. The molecule has 1 aromatic carbocycles. The Hall–Kier alpha value is -2.82. The first-order valence-corrected chi connectivity index (χ1v) is 11.7. The van der Waals surface area contributed by atoms with E-state index < -0.39 is 0 Å². The Balaban J connectivity index is 1.83. The van der Waals surface area contributed by atoms with Gasteiger partial charge >= 0.3 is 0 Å². The number of carbonyl (C=O) groups excluding carboxylic acids is 1. The van der Waals surface area contributed by atoms with E-state index in [1.165, 1.54) is 19.3 Å². The maximum absolute atomic E-state index is 13.2. The molecule has 5 heteroatoms. The third kappa shape index (κ3) is 5.70. The second-order valence-electron chi connectivity index (χ2n) is 8.88. The Morgan fingerprint density at radius 1 is 1.22 bits per heavy atom. The molecule has 2 N–H and O–H groups in total. The van der Waals surface area contributed by atoms with Crippen LogP contribution in [0.4, 0.5) is 0 Å². The lowest BCUT2D eigenvalue weighted by Gasteiger charge is -2.24. The fourth-order valence-electron chi connectivity index (χ4n) is 4.46. The number of rotatable bonds is 8. The molecule has 1 aromatic heterocycles. The van der Waals surface area contributed by atoms with Gasteiger partial charge in [-0.2, -0.15) is 0 Å². The topological polar surface area (TPSA) is 63.2 Å². The number of hydrogen-bond donors (Lipinski definition) is 2. The van der Waals surface area contributed by atoms with Gasteiger partial charge < -0.3 is 15.4 Å². The van der Waals surface area contributed by atoms with Crippen molar-refractivity contribution < 1.29 is 9.53 Å². The third-order valence-corrected chi connectivity index (χ3v) is 6.60. The highest BCUT2D eigenvalue weighted by atomic mass is 16.5. The summed E-state index contributed by atoms with van der Waals surface area (Å²) in [6.07, 6.45) is 12.5. The molecule has 0 radical (unpaired) electrons. The first-order valence-electron chi connectivity index (χ1n) is 11.7. The van der Waals surface area contributed by atoms with Crippen LogP contribution < -0.4 is 15.4 Å². The van der Waals surface area contributed by atoms with Crippen LogP contribution in [0.5, 0.6) is 5.75 Å². The number of allylic oxidation sites excluding steroid dienone is 1. The molecule has 0 bridgehead atoms. The number of nitrogens with one attached hydrogen (secondary N) is 2. The molecular formula is C27H37N3O2. The van der Waals surface area contributed by atoms with Crippen LogP contribution in [0, 0.1) is 13.8 Å². The lowest BCUT2D eigenvalue weighted by atomic mass is 9.92. The van der Waals surface area contributed by atoms with Gasteiger partial charge in [-0.25, -0.2) is 0 Å². The van der Waals surface area contributed by atoms with Crippen molar-refractivity contribution in [3.63, 3.8) is 0 Å². The van der Waals surface area contributed by atoms with E-state index in [0.29, 0.717) is 11.3 Å². The lowest BCUT2D eigenvalue weighted by Crippen LogP contribution is -2.36. The molecule has 0 aliphatic heterocycles. The van der Waals surface area contributed by atoms with Crippen LogP contribution in [0.1, 0.15) is 83.3 Å². The molecule has 0 saturated heterocycles. The summed E-state index contributed by atoms with van der Waals surface area (Å²) in [6.45, 7) is 6.26. The van der Waals surface area contributed by atoms with Gasteiger partial charge in [0.15, 0.2) is 0 Å². The van der Waals surface area contributed by atoms with Gasteiger partial charge in [-0.3, -0.25) is 9.78 Å². The van der Waals surface area contributed by atoms with Crippen LogP contribution in [0.3, 0.4) is 0 Å². The molecule has 0 spiro atoms. The van der Waals surface area contributed by atoms with E-state index in [0.717, 1.165) is 47.2 Å². The number of carbonyl (C=O) groups is 1. The monoisotopic (exact) mass is 435 g/mol. The van der Waals surface area contributed by atoms with Gasteiger partial charge in [-0.1, -0.05) is 38.3 Å². The predicted octanol–water partition coefficient (Wildman–Crippen LogP) is 5.20. The highest BCUT2D eigenvalue weighted by Crippen LogP contribution is 2.31. The van der Waals surface area contributed by atoms with Crippen molar-refractivity contribution in [1.82, 2.24) is 15.6 Å². The number of aromatic nitrogens is 1. The molecule has 1 heterocycles. The molecular weight excluding hydrogens is 398 g/mol. The molecule has 172 valence electrons. The van der Waals surface area contributed by atoms with Crippen LogP contribution in [-0.4, -0.2) is 31.1 Å². The van der Waals surface area contributed by atoms with Gasteiger partial charge in [-0.05, 0) is 73.7 Å². The summed E-state index contributed by atoms with van der Waals surface area (Å²) in [7, 11) is 3.54. The van der Waals surface area contributed by atoms with Gasteiger partial charge in [0.25, 0.3) is 5.91 Å². The molecule has 1 unspecified atom stereocenters. The first kappa shape index (κ1) is 23.8. The molecule has 1 saturated carbocycles. The molecule has 2 aromatic rings. The van der Waals surface area contributed by atoms with Crippen LogP contribution in [0.25, 0.3) is 0 Å². The molecule has 1 aliphatic carbocycles. The maximum atomic E-state index is 13.2. The Kier molecular flexibility index (Phi) is 8.32. The average molecular weight is 436 g/mol. The van der Waals surface area contributed by atoms with Crippen LogP contribution in [0.15, 0.2) is 36.7 Å². The van der Waals surface area contributed by atoms with E-state index in [1.54, 1.807) is 7.11 Å². The standard InChI is InChI=1S/C27H37N3O2/c1-18(13-14-28-4)25-12-11-21(17-29-25)15-22-16-24(26(32-5)20(3)19(22)2)27(31)30-23-9-7-6-8-10-23/h11-14,16-18,23,28H,6-10,15H2,1-5H3,(H,30,31)/b14-13-. The Labute approximate surface area is 192 Å². The molecule has 1 aliphatic rings. The Morgan fingerprint density at radius 3 is 2.59 bits per heavy atom. The van der Waals surface area contributed by atoms with Crippen molar-refractivity contribution in [1.29, 1.82) is 0 Å². The van der Waals surface area contributed by atoms with Gasteiger partial charge in [0.2, 0.25) is 0 Å². The van der Waals surface area contributed by atoms with Crippen molar-refractivity contribution in [2.24, 2.45) is 0 Å². The fourth-order valence-corrected chi connectivity index (χ4v) is 4.46. The van der Waals surface area contributed by atoms with Crippen molar-refractivity contribution in [3.8, 4) is 5.75 Å². The fraction of sp³-hybridized carbons (Fsp3) is 0.481. The molecule has 32 heavy (non-hydrogen) atoms. The second kappa shape index (κ2) is 11.2. The van der Waals surface area contributed by atoms with Crippen LogP contribution in [-0.2, 0) is 6.42 Å². The van der Waals surface area contributed by atoms with Crippen molar-refractivity contribution in [2.75, 3.05) is 14.2 Å². The highest BCUT2D eigenvalue weighted by molar-refractivity contribution is 5.98. The zero-order valence-corrected chi connectivity index (χ0v) is 20.1. The summed E-state index contributed by atoms with van der Waals surface area (Å²) in [5, 5.41) is 6.26. The van der Waals surface area contributed by atoms with Crippen molar-refractivity contribution >= 4 is 5.91 Å². The molecule has 3 rings (SSSR count). The van der Waals surface area contributed by atoms with E-state index in [-0.39, 0.29) is 17.9 Å². The summed E-state index contributed by atoms with van der Waals surface area (Å²) in [6, 6.07) is 6.49. The zero-order valence-electron chi connectivity index (χ0n) is 20.1. The second-order valence-corrected chi connectivity index (χ2v) is 8.88. The quantitative estimate of drug-likeness (QED) is 0.598. The Bertz CT molecular complexity index is 944. The maximum Gasteiger partial charge on any atom is 0.255 e. The summed E-state index contributed by atoms with van der Waals surface area (Å²) < 4.78 is 5.66. The van der Waals surface area contributed by atoms with E-state index >= 15 is 0 Å². The Morgan fingerprint density at radius 2 is 1.97 bits per heavy atom. The normalized spacial score (nSPS) is 15.5. The number of nitrogens with zero attached hydrogens (tertiary/aromatic N) is 1. The zero-order chi connectivity index (χ0) is 23.1. The van der Waals surface area contributed by atoms with E-state index in [1.807, 2.05) is 32.4 Å². The molecule has 1 fully saturated rings. The average Bonchev–Trinajstić information content (AvgIpc) is 2.81. The minimum atomic E-state index is -0.0308. The predicted molar refractivity (Wildman–Crippen MR) is 130 cm³/mol. The largest absolute Gasteiger partial charge is 0.496 e. The minimum absolute atomic E-state index is 0.0308. The van der Waals surface area contributed by atoms with E-state index in [4.69, 9.17) is 4.74 Å². The van der Waals surface area contributed by atoms with Gasteiger partial charge in [-0.15, -0.1) is 0 Å². The van der Waals surface area contributed by atoms with E-state index in [9.17, 15) is 4.79 Å². The van der Waals surface area contributed by atoms with Gasteiger partial charge in [0.1, 0.15) is 5.75 Å². The van der Waals surface area contributed by atoms with Crippen molar-refractivity contribution in [2.45, 2.75) is 71.3 Å². The molecule has 1 amide bonds. The number of hydrogen-bond acceptors (Lipinski definition) is 4. The summed E-state index contributed by atoms with van der Waals surface area (Å²) >= 11 is 0. The van der Waals surface area contributed by atoms with Crippen molar-refractivity contribution in [3.05, 3.63) is 70.2 Å². The van der Waals surface area contributed by atoms with Gasteiger partial charge in [0.05, 0.1) is 12.7 Å². The summed E-state index contributed by atoms with van der Waals surface area (Å²) in [5.41, 5.74) is 6.11. The SMILES string of the molecule is CN/C=C\C(C)c1ccc(Cc2cc(C(=O)NC3CCCCC3)c(OC)c(C)c2C)cn1.